The maximum atomic E-state index is 5.15. The Balaban J connectivity index is 1.84. The van der Waals surface area contributed by atoms with Crippen LogP contribution in [0.15, 0.2) is 42.9 Å². The second kappa shape index (κ2) is 7.32. The highest BCUT2D eigenvalue weighted by atomic mass is 16.5. The highest BCUT2D eigenvalue weighted by Gasteiger charge is 2.09. The predicted octanol–water partition coefficient (Wildman–Crippen LogP) is 1.96. The van der Waals surface area contributed by atoms with E-state index in [1.807, 2.05) is 18.2 Å². The molecule has 24 heavy (non-hydrogen) atoms. The van der Waals surface area contributed by atoms with Crippen LogP contribution in [0.3, 0.4) is 0 Å². The number of nitrogens with one attached hydrogen (secondary N) is 1. The van der Waals surface area contributed by atoms with Crippen LogP contribution in [0.25, 0.3) is 11.4 Å². The van der Waals surface area contributed by atoms with Crippen molar-refractivity contribution in [3.8, 4) is 23.3 Å². The first-order valence-electron chi connectivity index (χ1n) is 7.22. The molecule has 0 aliphatic rings. The monoisotopic (exact) mass is 324 g/mol. The molecule has 0 aromatic carbocycles. The van der Waals surface area contributed by atoms with E-state index in [0.29, 0.717) is 24.2 Å². The third kappa shape index (κ3) is 3.72. The van der Waals surface area contributed by atoms with Gasteiger partial charge in [0.25, 0.3) is 0 Å². The van der Waals surface area contributed by atoms with Crippen molar-refractivity contribution >= 4 is 5.95 Å². The normalized spacial score (nSPS) is 10.2. The molecule has 0 radical (unpaired) electrons. The number of aromatic nitrogens is 5. The van der Waals surface area contributed by atoms with Crippen LogP contribution in [0.2, 0.25) is 0 Å². The summed E-state index contributed by atoms with van der Waals surface area (Å²) < 4.78 is 10.2. The number of hydrogen-bond donors (Lipinski definition) is 1. The maximum absolute atomic E-state index is 5.15. The van der Waals surface area contributed by atoms with E-state index in [1.165, 1.54) is 7.11 Å². The number of pyridine rings is 2. The second-order valence-electron chi connectivity index (χ2n) is 4.77. The fourth-order valence-electron chi connectivity index (χ4n) is 1.97. The van der Waals surface area contributed by atoms with Gasteiger partial charge in [0.1, 0.15) is 0 Å². The van der Waals surface area contributed by atoms with Gasteiger partial charge in [0.05, 0.1) is 14.2 Å². The topological polar surface area (TPSA) is 94.9 Å². The Morgan fingerprint density at radius 1 is 1.00 bits per heavy atom. The van der Waals surface area contributed by atoms with Crippen molar-refractivity contribution in [3.63, 3.8) is 0 Å². The van der Waals surface area contributed by atoms with Crippen LogP contribution >= 0.6 is 0 Å². The van der Waals surface area contributed by atoms with Gasteiger partial charge in [-0.2, -0.15) is 15.0 Å². The molecule has 3 heterocycles. The summed E-state index contributed by atoms with van der Waals surface area (Å²) in [7, 11) is 3.07. The van der Waals surface area contributed by atoms with Crippen LogP contribution in [0.1, 0.15) is 5.56 Å². The Labute approximate surface area is 139 Å². The number of ether oxygens (including phenoxy) is 2. The average Bonchev–Trinajstić information content (AvgIpc) is 2.67. The zero-order valence-corrected chi connectivity index (χ0v) is 13.3. The Morgan fingerprint density at radius 2 is 1.92 bits per heavy atom. The van der Waals surface area contributed by atoms with E-state index in [0.717, 1.165) is 11.1 Å². The average molecular weight is 324 g/mol. The maximum Gasteiger partial charge on any atom is 0.321 e. The number of rotatable bonds is 6. The van der Waals surface area contributed by atoms with Gasteiger partial charge in [-0.05, 0) is 17.7 Å². The number of anilines is 1. The van der Waals surface area contributed by atoms with Crippen LogP contribution in [0.4, 0.5) is 5.95 Å². The molecule has 3 rings (SSSR count). The summed E-state index contributed by atoms with van der Waals surface area (Å²) in [6, 6.07) is 7.64. The quantitative estimate of drug-likeness (QED) is 0.735. The summed E-state index contributed by atoms with van der Waals surface area (Å²) >= 11 is 0. The van der Waals surface area contributed by atoms with Gasteiger partial charge in [-0.1, -0.05) is 6.07 Å². The van der Waals surface area contributed by atoms with E-state index < -0.39 is 0 Å². The first kappa shape index (κ1) is 15.6. The van der Waals surface area contributed by atoms with Gasteiger partial charge in [0.2, 0.25) is 11.8 Å². The van der Waals surface area contributed by atoms with E-state index in [2.05, 4.69) is 30.2 Å². The minimum Gasteiger partial charge on any atom is -0.481 e. The molecule has 8 heteroatoms. The van der Waals surface area contributed by atoms with Crippen molar-refractivity contribution in [2.75, 3.05) is 19.5 Å². The molecule has 0 saturated carbocycles. The molecule has 0 aliphatic carbocycles. The van der Waals surface area contributed by atoms with Gasteiger partial charge >= 0.3 is 6.01 Å². The molecule has 0 amide bonds. The minimum atomic E-state index is 0.226. The highest BCUT2D eigenvalue weighted by molar-refractivity contribution is 5.55. The number of methoxy groups -OCH3 is 2. The van der Waals surface area contributed by atoms with Crippen molar-refractivity contribution < 1.29 is 9.47 Å². The fourth-order valence-corrected chi connectivity index (χ4v) is 1.97. The Morgan fingerprint density at radius 3 is 2.58 bits per heavy atom. The molecule has 0 spiro atoms. The lowest BCUT2D eigenvalue weighted by molar-refractivity contribution is 0.379. The van der Waals surface area contributed by atoms with Crippen molar-refractivity contribution in [2.45, 2.75) is 6.54 Å². The molecule has 8 nitrogen and oxygen atoms in total. The lowest BCUT2D eigenvalue weighted by Gasteiger charge is -2.08. The van der Waals surface area contributed by atoms with E-state index in [-0.39, 0.29) is 6.01 Å². The molecular weight excluding hydrogens is 308 g/mol. The summed E-state index contributed by atoms with van der Waals surface area (Å²) in [5.41, 5.74) is 1.76. The molecule has 0 saturated heterocycles. The second-order valence-corrected chi connectivity index (χ2v) is 4.77. The summed E-state index contributed by atoms with van der Waals surface area (Å²) in [4.78, 5) is 21.1. The molecule has 3 aromatic rings. The molecule has 122 valence electrons. The van der Waals surface area contributed by atoms with Crippen LogP contribution < -0.4 is 14.8 Å². The van der Waals surface area contributed by atoms with Crippen molar-refractivity contribution in [1.82, 2.24) is 24.9 Å². The van der Waals surface area contributed by atoms with E-state index >= 15 is 0 Å². The van der Waals surface area contributed by atoms with Crippen molar-refractivity contribution in [1.29, 1.82) is 0 Å². The Kier molecular flexibility index (Phi) is 4.76. The summed E-state index contributed by atoms with van der Waals surface area (Å²) in [5, 5.41) is 3.14. The highest BCUT2D eigenvalue weighted by Crippen LogP contribution is 2.20. The fraction of sp³-hybridized carbons (Fsp3) is 0.188. The summed E-state index contributed by atoms with van der Waals surface area (Å²) in [6.45, 7) is 0.543. The molecule has 0 fully saturated rings. The largest absolute Gasteiger partial charge is 0.481 e. The third-order valence-electron chi connectivity index (χ3n) is 3.17. The Bertz CT molecular complexity index is 795. The van der Waals surface area contributed by atoms with Crippen LogP contribution in [0, 0.1) is 0 Å². The van der Waals surface area contributed by atoms with E-state index in [4.69, 9.17) is 9.47 Å². The number of nitrogens with zero attached hydrogens (tertiary/aromatic N) is 5. The smallest absolute Gasteiger partial charge is 0.321 e. The lowest BCUT2D eigenvalue weighted by atomic mass is 10.2. The molecule has 0 atom stereocenters. The third-order valence-corrected chi connectivity index (χ3v) is 3.17. The van der Waals surface area contributed by atoms with Gasteiger partial charge in [0.15, 0.2) is 5.82 Å². The van der Waals surface area contributed by atoms with Crippen molar-refractivity contribution in [2.24, 2.45) is 0 Å². The van der Waals surface area contributed by atoms with Gasteiger partial charge in [0, 0.05) is 36.8 Å². The predicted molar refractivity (Wildman–Crippen MR) is 87.7 cm³/mol. The SMILES string of the molecule is COc1ccc(-c2nc(NCc3cccnc3)nc(OC)n2)cn1. The zero-order valence-electron chi connectivity index (χ0n) is 13.3. The molecule has 0 bridgehead atoms. The molecule has 3 aromatic heterocycles. The lowest BCUT2D eigenvalue weighted by Crippen LogP contribution is -2.07. The molecular formula is C16H16N6O2. The van der Waals surface area contributed by atoms with Crippen LogP contribution in [0.5, 0.6) is 11.9 Å². The first-order chi connectivity index (χ1) is 11.8. The Hall–Kier alpha value is -3.29. The van der Waals surface area contributed by atoms with Gasteiger partial charge in [-0.3, -0.25) is 4.98 Å². The van der Waals surface area contributed by atoms with Gasteiger partial charge in [-0.25, -0.2) is 4.98 Å². The minimum absolute atomic E-state index is 0.226. The summed E-state index contributed by atoms with van der Waals surface area (Å²) in [5.74, 6) is 1.40. The van der Waals surface area contributed by atoms with Crippen molar-refractivity contribution in [3.05, 3.63) is 48.4 Å². The molecule has 0 aliphatic heterocycles. The first-order valence-corrected chi connectivity index (χ1v) is 7.22. The van der Waals surface area contributed by atoms with Gasteiger partial charge in [-0.15, -0.1) is 0 Å². The summed E-state index contributed by atoms with van der Waals surface area (Å²) in [6.07, 6.45) is 5.14. The standard InChI is InChI=1S/C16H16N6O2/c1-23-13-6-5-12(10-18-13)14-20-15(22-16(21-14)24-2)19-9-11-4-3-7-17-8-11/h3-8,10H,9H2,1-2H3,(H,19,20,21,22). The number of hydrogen-bond acceptors (Lipinski definition) is 8. The molecule has 0 unspecified atom stereocenters. The van der Waals surface area contributed by atoms with Gasteiger partial charge < -0.3 is 14.8 Å². The molecule has 1 N–H and O–H groups in total. The van der Waals surface area contributed by atoms with Crippen LogP contribution in [-0.2, 0) is 6.54 Å². The van der Waals surface area contributed by atoms with E-state index in [1.54, 1.807) is 31.8 Å². The van der Waals surface area contributed by atoms with Crippen LogP contribution in [-0.4, -0.2) is 39.1 Å². The zero-order chi connectivity index (χ0) is 16.8. The van der Waals surface area contributed by atoms with E-state index in [9.17, 15) is 0 Å².